The van der Waals surface area contributed by atoms with Gasteiger partial charge < -0.3 is 14.8 Å². The van der Waals surface area contributed by atoms with Crippen molar-refractivity contribution in [2.24, 2.45) is 0 Å². The molecule has 0 saturated carbocycles. The van der Waals surface area contributed by atoms with E-state index in [-0.39, 0.29) is 5.78 Å². The lowest BCUT2D eigenvalue weighted by Gasteiger charge is -2.28. The van der Waals surface area contributed by atoms with Gasteiger partial charge in [0, 0.05) is 22.7 Å². The quantitative estimate of drug-likeness (QED) is 0.650. The first-order valence-corrected chi connectivity index (χ1v) is 7.95. The Hall–Kier alpha value is -1.65. The van der Waals surface area contributed by atoms with Gasteiger partial charge in [-0.3, -0.25) is 4.79 Å². The molecule has 1 fully saturated rings. The normalized spacial score (nSPS) is 22.6. The molecule has 4 nitrogen and oxygen atoms in total. The number of nitrogens with one attached hydrogen (secondary N) is 3. The standard InChI is InChI=1S/C17H23N3O/c1-3-19-6-8-20(9-7-19)12-17(21)15-11-18-16-5-4-13(2)10-14(15)16/h4-5,10-11,18H,3,6-9,12H2,1-2H3/p+2. The topological polar surface area (TPSA) is 41.7 Å². The fourth-order valence-corrected chi connectivity index (χ4v) is 3.27. The number of aromatic amines is 1. The molecule has 3 N–H and O–H groups in total. The Morgan fingerprint density at radius 3 is 2.62 bits per heavy atom. The van der Waals surface area contributed by atoms with Crippen LogP contribution in [0.4, 0.5) is 0 Å². The van der Waals surface area contributed by atoms with Crippen molar-refractivity contribution >= 4 is 16.7 Å². The van der Waals surface area contributed by atoms with E-state index in [0.717, 1.165) is 29.6 Å². The molecule has 2 aromatic rings. The molecule has 0 bridgehead atoms. The molecular formula is C17H25N3O+2. The highest BCUT2D eigenvalue weighted by Gasteiger charge is 2.25. The highest BCUT2D eigenvalue weighted by atomic mass is 16.1. The van der Waals surface area contributed by atoms with Crippen LogP contribution in [0.3, 0.4) is 0 Å². The summed E-state index contributed by atoms with van der Waals surface area (Å²) >= 11 is 0. The Balaban J connectivity index is 1.71. The van der Waals surface area contributed by atoms with Crippen molar-refractivity contribution in [3.8, 4) is 0 Å². The highest BCUT2D eigenvalue weighted by molar-refractivity contribution is 6.08. The number of rotatable bonds is 4. The van der Waals surface area contributed by atoms with Crippen molar-refractivity contribution in [3.05, 3.63) is 35.5 Å². The first-order valence-electron chi connectivity index (χ1n) is 7.95. The molecule has 3 rings (SSSR count). The second-order valence-electron chi connectivity index (χ2n) is 6.20. The highest BCUT2D eigenvalue weighted by Crippen LogP contribution is 2.19. The molecule has 0 spiro atoms. The Kier molecular flexibility index (Phi) is 4.08. The number of H-pyrrole nitrogens is 1. The summed E-state index contributed by atoms with van der Waals surface area (Å²) in [5.74, 6) is 0.266. The summed E-state index contributed by atoms with van der Waals surface area (Å²) < 4.78 is 0. The van der Waals surface area contributed by atoms with Crippen molar-refractivity contribution in [1.29, 1.82) is 0 Å². The zero-order valence-electron chi connectivity index (χ0n) is 13.0. The molecule has 1 aromatic heterocycles. The van der Waals surface area contributed by atoms with Gasteiger partial charge in [0.2, 0.25) is 5.78 Å². The minimum absolute atomic E-state index is 0.266. The third-order valence-electron chi connectivity index (χ3n) is 4.71. The summed E-state index contributed by atoms with van der Waals surface area (Å²) in [5, 5.41) is 1.07. The molecule has 0 unspecified atom stereocenters. The first-order chi connectivity index (χ1) is 10.2. The third-order valence-corrected chi connectivity index (χ3v) is 4.71. The SMILES string of the molecule is CC[NH+]1CC[NH+](CC(=O)c2c[nH]c3ccc(C)cc23)CC1. The molecule has 0 atom stereocenters. The Labute approximate surface area is 125 Å². The molecular weight excluding hydrogens is 262 g/mol. The molecule has 0 amide bonds. The first kappa shape index (κ1) is 14.3. The number of aromatic nitrogens is 1. The summed E-state index contributed by atoms with van der Waals surface area (Å²) in [6.45, 7) is 10.7. The van der Waals surface area contributed by atoms with E-state index in [0.29, 0.717) is 6.54 Å². The second-order valence-corrected chi connectivity index (χ2v) is 6.20. The van der Waals surface area contributed by atoms with Gasteiger partial charge in [-0.15, -0.1) is 0 Å². The lowest BCUT2D eigenvalue weighted by Crippen LogP contribution is -3.28. The van der Waals surface area contributed by atoms with Crippen LogP contribution in [0, 0.1) is 6.92 Å². The number of hydrogen-bond acceptors (Lipinski definition) is 1. The number of aryl methyl sites for hydroxylation is 1. The van der Waals surface area contributed by atoms with Crippen molar-refractivity contribution in [2.75, 3.05) is 39.3 Å². The lowest BCUT2D eigenvalue weighted by molar-refractivity contribution is -1.01. The van der Waals surface area contributed by atoms with Crippen molar-refractivity contribution in [1.82, 2.24) is 4.98 Å². The fourth-order valence-electron chi connectivity index (χ4n) is 3.27. The fraction of sp³-hybridized carbons (Fsp3) is 0.471. The van der Waals surface area contributed by atoms with Crippen LogP contribution in [0.5, 0.6) is 0 Å². The van der Waals surface area contributed by atoms with Crippen LogP contribution in [-0.4, -0.2) is 50.0 Å². The number of benzene rings is 1. The number of carbonyl (C=O) groups is 1. The maximum absolute atomic E-state index is 12.6. The average molecular weight is 287 g/mol. The lowest BCUT2D eigenvalue weighted by atomic mass is 10.1. The summed E-state index contributed by atoms with van der Waals surface area (Å²) in [6, 6.07) is 6.23. The number of carbonyl (C=O) groups excluding carboxylic acids is 1. The minimum atomic E-state index is 0.266. The Morgan fingerprint density at radius 1 is 1.19 bits per heavy atom. The van der Waals surface area contributed by atoms with Crippen molar-refractivity contribution in [2.45, 2.75) is 13.8 Å². The Bertz CT molecular complexity index is 639. The van der Waals surface area contributed by atoms with Gasteiger partial charge >= 0.3 is 0 Å². The minimum Gasteiger partial charge on any atom is -0.360 e. The maximum atomic E-state index is 12.6. The monoisotopic (exact) mass is 287 g/mol. The Morgan fingerprint density at radius 2 is 1.90 bits per heavy atom. The number of piperazine rings is 1. The second kappa shape index (κ2) is 6.00. The number of Topliss-reactive ketones (excluding diaryl/α,β-unsaturated/α-hetero) is 1. The van der Waals surface area contributed by atoms with E-state index in [9.17, 15) is 4.79 Å². The summed E-state index contributed by atoms with van der Waals surface area (Å²) in [7, 11) is 0. The molecule has 1 aromatic carbocycles. The summed E-state index contributed by atoms with van der Waals surface area (Å²) in [6.07, 6.45) is 1.87. The van der Waals surface area contributed by atoms with Crippen LogP contribution in [0.15, 0.2) is 24.4 Å². The summed E-state index contributed by atoms with van der Waals surface area (Å²) in [5.41, 5.74) is 3.11. The van der Waals surface area contributed by atoms with E-state index in [2.05, 4.69) is 37.0 Å². The van der Waals surface area contributed by atoms with Gasteiger partial charge in [-0.05, 0) is 26.0 Å². The molecule has 2 heterocycles. The van der Waals surface area contributed by atoms with E-state index in [1.807, 2.05) is 6.20 Å². The van der Waals surface area contributed by atoms with Gasteiger partial charge in [-0.2, -0.15) is 0 Å². The van der Waals surface area contributed by atoms with E-state index >= 15 is 0 Å². The number of ketones is 1. The van der Waals surface area contributed by atoms with E-state index < -0.39 is 0 Å². The molecule has 1 saturated heterocycles. The van der Waals surface area contributed by atoms with Gasteiger partial charge in [-0.1, -0.05) is 11.6 Å². The van der Waals surface area contributed by atoms with Gasteiger partial charge in [0.05, 0.1) is 6.54 Å². The van der Waals surface area contributed by atoms with Crippen LogP contribution in [0.2, 0.25) is 0 Å². The smallest absolute Gasteiger partial charge is 0.219 e. The van der Waals surface area contributed by atoms with E-state index in [1.165, 1.54) is 30.1 Å². The van der Waals surface area contributed by atoms with E-state index in [1.54, 1.807) is 4.90 Å². The predicted molar refractivity (Wildman–Crippen MR) is 84.2 cm³/mol. The maximum Gasteiger partial charge on any atom is 0.219 e. The van der Waals surface area contributed by atoms with Crippen LogP contribution >= 0.6 is 0 Å². The molecule has 4 heteroatoms. The average Bonchev–Trinajstić information content (AvgIpc) is 2.91. The van der Waals surface area contributed by atoms with Gasteiger partial charge in [0.25, 0.3) is 0 Å². The number of hydrogen-bond donors (Lipinski definition) is 3. The van der Waals surface area contributed by atoms with E-state index in [4.69, 9.17) is 0 Å². The largest absolute Gasteiger partial charge is 0.360 e. The predicted octanol–water partition coefficient (Wildman–Crippen LogP) is -0.538. The van der Waals surface area contributed by atoms with Crippen LogP contribution < -0.4 is 9.80 Å². The van der Waals surface area contributed by atoms with Gasteiger partial charge in [0.1, 0.15) is 32.7 Å². The van der Waals surface area contributed by atoms with Gasteiger partial charge in [0.15, 0.2) is 0 Å². The number of quaternary nitrogens is 2. The number of fused-ring (bicyclic) bond motifs is 1. The third kappa shape index (κ3) is 3.01. The number of likely N-dealkylation sites (N-methyl/N-ethyl adjacent to an activating group) is 1. The summed E-state index contributed by atoms with van der Waals surface area (Å²) in [4.78, 5) is 18.9. The van der Waals surface area contributed by atoms with Crippen LogP contribution in [0.1, 0.15) is 22.8 Å². The molecule has 1 aliphatic rings. The zero-order valence-corrected chi connectivity index (χ0v) is 13.0. The van der Waals surface area contributed by atoms with Crippen molar-refractivity contribution < 1.29 is 14.6 Å². The molecule has 0 aliphatic carbocycles. The zero-order chi connectivity index (χ0) is 14.8. The molecule has 112 valence electrons. The van der Waals surface area contributed by atoms with Crippen LogP contribution in [-0.2, 0) is 0 Å². The van der Waals surface area contributed by atoms with Crippen molar-refractivity contribution in [3.63, 3.8) is 0 Å². The van der Waals surface area contributed by atoms with Gasteiger partial charge in [-0.25, -0.2) is 0 Å². The van der Waals surface area contributed by atoms with Crippen LogP contribution in [0.25, 0.3) is 10.9 Å². The molecule has 21 heavy (non-hydrogen) atoms. The molecule has 0 radical (unpaired) electrons. The molecule has 1 aliphatic heterocycles.